The van der Waals surface area contributed by atoms with Crippen LogP contribution in [0.25, 0.3) is 0 Å². The van der Waals surface area contributed by atoms with E-state index in [0.29, 0.717) is 16.5 Å². The van der Waals surface area contributed by atoms with Crippen molar-refractivity contribution in [1.29, 1.82) is 0 Å². The molecule has 1 saturated heterocycles. The minimum absolute atomic E-state index is 0.0439. The Morgan fingerprint density at radius 2 is 2.19 bits per heavy atom. The van der Waals surface area contributed by atoms with Crippen LogP contribution in [0.15, 0.2) is 18.2 Å². The first-order valence-corrected chi connectivity index (χ1v) is 8.28. The summed E-state index contributed by atoms with van der Waals surface area (Å²) >= 11 is 12.1. The Balaban J connectivity index is 2.09. The highest BCUT2D eigenvalue weighted by atomic mass is 35.5. The summed E-state index contributed by atoms with van der Waals surface area (Å²) in [4.78, 5) is 14.4. The summed E-state index contributed by atoms with van der Waals surface area (Å²) in [6, 6.07) is 5.67. The first-order valence-electron chi connectivity index (χ1n) is 7.53. The minimum Gasteiger partial charge on any atom is -0.336 e. The van der Waals surface area contributed by atoms with Gasteiger partial charge in [-0.05, 0) is 37.0 Å². The molecule has 21 heavy (non-hydrogen) atoms. The molecule has 116 valence electrons. The van der Waals surface area contributed by atoms with Gasteiger partial charge in [-0.3, -0.25) is 4.79 Å². The van der Waals surface area contributed by atoms with Crippen LogP contribution in [0.3, 0.4) is 0 Å². The van der Waals surface area contributed by atoms with Gasteiger partial charge in [-0.1, -0.05) is 42.6 Å². The summed E-state index contributed by atoms with van der Waals surface area (Å²) in [5, 5.41) is 1.08. The van der Waals surface area contributed by atoms with Crippen LogP contribution in [0.5, 0.6) is 0 Å². The number of likely N-dealkylation sites (tertiary alicyclic amines) is 1. The van der Waals surface area contributed by atoms with Crippen molar-refractivity contribution in [1.82, 2.24) is 4.90 Å². The molecule has 2 atom stereocenters. The lowest BCUT2D eigenvalue weighted by molar-refractivity contribution is -0.132. The third kappa shape index (κ3) is 4.12. The van der Waals surface area contributed by atoms with Gasteiger partial charge in [0.2, 0.25) is 5.91 Å². The number of benzene rings is 1. The first-order chi connectivity index (χ1) is 10.0. The fraction of sp³-hybridized carbons (Fsp3) is 0.562. The maximum atomic E-state index is 12.5. The molecule has 1 heterocycles. The Labute approximate surface area is 136 Å². The first kappa shape index (κ1) is 16.6. The summed E-state index contributed by atoms with van der Waals surface area (Å²) in [7, 11) is 0. The fourth-order valence-corrected chi connectivity index (χ4v) is 3.25. The maximum Gasteiger partial charge on any atom is 0.224 e. The molecule has 3 nitrogen and oxygen atoms in total. The lowest BCUT2D eigenvalue weighted by atomic mass is 10.0. The zero-order valence-corrected chi connectivity index (χ0v) is 13.8. The highest BCUT2D eigenvalue weighted by molar-refractivity contribution is 6.42. The molecule has 0 saturated carbocycles. The molecule has 1 aliphatic heterocycles. The molecular weight excluding hydrogens is 307 g/mol. The second-order valence-electron chi connectivity index (χ2n) is 5.67. The lowest BCUT2D eigenvalue weighted by Crippen LogP contribution is -2.35. The Bertz CT molecular complexity index is 507. The average Bonchev–Trinajstić information content (AvgIpc) is 2.91. The van der Waals surface area contributed by atoms with Crippen LogP contribution in [0.2, 0.25) is 10.0 Å². The van der Waals surface area contributed by atoms with Gasteiger partial charge >= 0.3 is 0 Å². The highest BCUT2D eigenvalue weighted by Crippen LogP contribution is 2.35. The van der Waals surface area contributed by atoms with Crippen LogP contribution in [0, 0.1) is 0 Å². The quantitative estimate of drug-likeness (QED) is 0.881. The highest BCUT2D eigenvalue weighted by Gasteiger charge is 2.30. The van der Waals surface area contributed by atoms with Gasteiger partial charge in [-0.15, -0.1) is 0 Å². The van der Waals surface area contributed by atoms with Gasteiger partial charge in [0.05, 0.1) is 16.1 Å². The molecule has 1 aromatic rings. The van der Waals surface area contributed by atoms with Gasteiger partial charge in [0.1, 0.15) is 0 Å². The number of halogens is 2. The van der Waals surface area contributed by atoms with Crippen molar-refractivity contribution in [2.75, 3.05) is 6.54 Å². The summed E-state index contributed by atoms with van der Waals surface area (Å²) < 4.78 is 0. The predicted octanol–water partition coefficient (Wildman–Crippen LogP) is 4.17. The van der Waals surface area contributed by atoms with E-state index in [1.54, 1.807) is 6.07 Å². The smallest absolute Gasteiger partial charge is 0.224 e. The molecule has 0 spiro atoms. The van der Waals surface area contributed by atoms with Crippen molar-refractivity contribution in [2.24, 2.45) is 5.73 Å². The molecule has 0 bridgehead atoms. The number of carbonyl (C=O) groups is 1. The molecule has 2 N–H and O–H groups in total. The Morgan fingerprint density at radius 1 is 1.43 bits per heavy atom. The summed E-state index contributed by atoms with van der Waals surface area (Å²) in [5.74, 6) is 0.143. The van der Waals surface area contributed by atoms with Crippen LogP contribution < -0.4 is 5.73 Å². The van der Waals surface area contributed by atoms with E-state index in [4.69, 9.17) is 28.9 Å². The second kappa shape index (κ2) is 7.48. The molecule has 1 amide bonds. The second-order valence-corrected chi connectivity index (χ2v) is 6.49. The molecule has 2 unspecified atom stereocenters. The molecule has 1 aliphatic rings. The Hall–Kier alpha value is -0.770. The summed E-state index contributed by atoms with van der Waals surface area (Å²) in [5.41, 5.74) is 7.05. The van der Waals surface area contributed by atoms with Crippen molar-refractivity contribution in [3.05, 3.63) is 33.8 Å². The maximum absolute atomic E-state index is 12.5. The number of hydrogen-bond acceptors (Lipinski definition) is 2. The molecule has 5 heteroatoms. The molecule has 1 aromatic carbocycles. The van der Waals surface area contributed by atoms with E-state index in [-0.39, 0.29) is 18.0 Å². The van der Waals surface area contributed by atoms with E-state index >= 15 is 0 Å². The number of nitrogens with two attached hydrogens (primary N) is 1. The zero-order chi connectivity index (χ0) is 15.4. The van der Waals surface area contributed by atoms with Gasteiger partial charge in [0, 0.05) is 19.0 Å². The summed E-state index contributed by atoms with van der Waals surface area (Å²) in [6.07, 6.45) is 4.29. The van der Waals surface area contributed by atoms with E-state index in [1.807, 2.05) is 17.0 Å². The molecule has 0 radical (unpaired) electrons. The number of nitrogens with zero attached hydrogens (tertiary/aromatic N) is 1. The van der Waals surface area contributed by atoms with Crippen molar-refractivity contribution in [2.45, 2.75) is 51.1 Å². The average molecular weight is 329 g/mol. The Kier molecular flexibility index (Phi) is 5.91. The SMILES string of the molecule is CCCC(N)CC(=O)N1CCCC1c1ccc(Cl)c(Cl)c1. The van der Waals surface area contributed by atoms with Gasteiger partial charge in [0.15, 0.2) is 0 Å². The monoisotopic (exact) mass is 328 g/mol. The van der Waals surface area contributed by atoms with Crippen molar-refractivity contribution >= 4 is 29.1 Å². The number of amides is 1. The van der Waals surface area contributed by atoms with E-state index in [1.165, 1.54) is 0 Å². The van der Waals surface area contributed by atoms with Crippen molar-refractivity contribution in [3.63, 3.8) is 0 Å². The predicted molar refractivity (Wildman–Crippen MR) is 87.7 cm³/mol. The number of rotatable bonds is 5. The van der Waals surface area contributed by atoms with Gasteiger partial charge in [-0.25, -0.2) is 0 Å². The molecule has 1 fully saturated rings. The van der Waals surface area contributed by atoms with E-state index in [9.17, 15) is 4.79 Å². The van der Waals surface area contributed by atoms with Crippen molar-refractivity contribution < 1.29 is 4.79 Å². The van der Waals surface area contributed by atoms with E-state index in [2.05, 4.69) is 6.92 Å². The largest absolute Gasteiger partial charge is 0.336 e. The molecule has 0 aromatic heterocycles. The van der Waals surface area contributed by atoms with Crippen LogP contribution in [-0.2, 0) is 4.79 Å². The van der Waals surface area contributed by atoms with Crippen LogP contribution in [-0.4, -0.2) is 23.4 Å². The van der Waals surface area contributed by atoms with Crippen LogP contribution >= 0.6 is 23.2 Å². The lowest BCUT2D eigenvalue weighted by Gasteiger charge is -2.26. The normalized spacial score (nSPS) is 19.8. The number of hydrogen-bond donors (Lipinski definition) is 1. The molecule has 2 rings (SSSR count). The minimum atomic E-state index is -0.0439. The third-order valence-electron chi connectivity index (χ3n) is 4.00. The van der Waals surface area contributed by atoms with E-state index in [0.717, 1.165) is 37.8 Å². The van der Waals surface area contributed by atoms with Gasteiger partial charge in [0.25, 0.3) is 0 Å². The molecular formula is C16H22Cl2N2O. The van der Waals surface area contributed by atoms with Crippen LogP contribution in [0.4, 0.5) is 0 Å². The summed E-state index contributed by atoms with van der Waals surface area (Å²) in [6.45, 7) is 2.88. The third-order valence-corrected chi connectivity index (χ3v) is 4.74. The van der Waals surface area contributed by atoms with Gasteiger partial charge < -0.3 is 10.6 Å². The van der Waals surface area contributed by atoms with E-state index < -0.39 is 0 Å². The molecule has 0 aliphatic carbocycles. The van der Waals surface area contributed by atoms with Crippen molar-refractivity contribution in [3.8, 4) is 0 Å². The standard InChI is InChI=1S/C16H22Cl2N2O/c1-2-4-12(19)10-16(21)20-8-3-5-15(20)11-6-7-13(17)14(18)9-11/h6-7,9,12,15H,2-5,8,10,19H2,1H3. The van der Waals surface area contributed by atoms with Gasteiger partial charge in [-0.2, -0.15) is 0 Å². The fourth-order valence-electron chi connectivity index (χ4n) is 2.95. The topological polar surface area (TPSA) is 46.3 Å². The Morgan fingerprint density at radius 3 is 2.86 bits per heavy atom. The van der Waals surface area contributed by atoms with Crippen LogP contribution in [0.1, 0.15) is 50.6 Å². The zero-order valence-electron chi connectivity index (χ0n) is 12.3. The number of carbonyl (C=O) groups excluding carboxylic acids is 1.